The molecule has 80 valence electrons. The van der Waals surface area contributed by atoms with Gasteiger partial charge in [0, 0.05) is 5.25 Å². The molecule has 1 aromatic rings. The Labute approximate surface area is 96.5 Å². The minimum absolute atomic E-state index is 0.863. The Kier molecular flexibility index (Phi) is 2.74. The summed E-state index contributed by atoms with van der Waals surface area (Å²) in [5, 5.41) is 0.923. The average Bonchev–Trinajstić information content (AvgIpc) is 2.82. The van der Waals surface area contributed by atoms with Crippen LogP contribution in [0.4, 0.5) is 0 Å². The van der Waals surface area contributed by atoms with Gasteiger partial charge in [-0.25, -0.2) is 0 Å². The van der Waals surface area contributed by atoms with E-state index in [0.29, 0.717) is 0 Å². The highest BCUT2D eigenvalue weighted by Crippen LogP contribution is 2.43. The molecule has 1 heterocycles. The third-order valence-electron chi connectivity index (χ3n) is 3.83. The van der Waals surface area contributed by atoms with E-state index in [4.69, 9.17) is 0 Å². The first-order chi connectivity index (χ1) is 7.45. The van der Waals surface area contributed by atoms with Crippen molar-refractivity contribution in [3.8, 4) is 0 Å². The van der Waals surface area contributed by atoms with Crippen LogP contribution in [0.1, 0.15) is 42.7 Å². The van der Waals surface area contributed by atoms with Crippen LogP contribution in [0.5, 0.6) is 0 Å². The molecule has 0 nitrogen and oxygen atoms in total. The van der Waals surface area contributed by atoms with E-state index in [2.05, 4.69) is 36.0 Å². The van der Waals surface area contributed by atoms with Gasteiger partial charge in [-0.3, -0.25) is 0 Å². The van der Waals surface area contributed by atoms with Crippen LogP contribution in [0.25, 0.3) is 0 Å². The fourth-order valence-electron chi connectivity index (χ4n) is 3.10. The Bertz CT molecular complexity index is 339. The molecule has 2 aliphatic rings. The molecular weight excluding hydrogens is 200 g/mol. The van der Waals surface area contributed by atoms with Crippen molar-refractivity contribution >= 4 is 11.8 Å². The lowest BCUT2D eigenvalue weighted by atomic mass is 9.80. The van der Waals surface area contributed by atoms with Crippen molar-refractivity contribution in [1.82, 2.24) is 0 Å². The molecule has 1 aliphatic heterocycles. The normalized spacial score (nSPS) is 30.1. The highest BCUT2D eigenvalue weighted by Gasteiger charge is 2.29. The highest BCUT2D eigenvalue weighted by atomic mass is 32.2. The number of hydrogen-bond acceptors (Lipinski definition) is 1. The molecule has 1 fully saturated rings. The second kappa shape index (κ2) is 4.21. The van der Waals surface area contributed by atoms with E-state index in [9.17, 15) is 0 Å². The summed E-state index contributed by atoms with van der Waals surface area (Å²) in [5.41, 5.74) is 3.30. The van der Waals surface area contributed by atoms with Gasteiger partial charge < -0.3 is 0 Å². The zero-order chi connectivity index (χ0) is 10.1. The third-order valence-corrected chi connectivity index (χ3v) is 5.35. The second-order valence-corrected chi connectivity index (χ2v) is 6.10. The molecule has 1 heteroatoms. The summed E-state index contributed by atoms with van der Waals surface area (Å²) < 4.78 is 0. The van der Waals surface area contributed by atoms with Gasteiger partial charge in [-0.1, -0.05) is 24.3 Å². The van der Waals surface area contributed by atoms with Gasteiger partial charge >= 0.3 is 0 Å². The Balaban J connectivity index is 1.91. The molecule has 3 rings (SSSR count). The third kappa shape index (κ3) is 1.82. The molecule has 2 unspecified atom stereocenters. The van der Waals surface area contributed by atoms with Crippen molar-refractivity contribution < 1.29 is 0 Å². The SMILES string of the molecule is c1ccc2c(c1)CCCC2C1CCCS1. The molecule has 1 aromatic carbocycles. The van der Waals surface area contributed by atoms with E-state index >= 15 is 0 Å². The molecule has 0 saturated carbocycles. The lowest BCUT2D eigenvalue weighted by Crippen LogP contribution is -2.18. The van der Waals surface area contributed by atoms with Crippen LogP contribution in [-0.2, 0) is 6.42 Å². The maximum Gasteiger partial charge on any atom is 0.0116 e. The second-order valence-electron chi connectivity index (χ2n) is 4.75. The summed E-state index contributed by atoms with van der Waals surface area (Å²) in [5.74, 6) is 2.26. The number of hydrogen-bond donors (Lipinski definition) is 0. The van der Waals surface area contributed by atoms with Crippen molar-refractivity contribution in [3.05, 3.63) is 35.4 Å². The van der Waals surface area contributed by atoms with E-state index in [1.165, 1.54) is 37.9 Å². The predicted molar refractivity (Wildman–Crippen MR) is 67.6 cm³/mol. The maximum atomic E-state index is 2.37. The molecule has 1 saturated heterocycles. The fourth-order valence-corrected chi connectivity index (χ4v) is 4.58. The summed E-state index contributed by atoms with van der Waals surface area (Å²) in [6.45, 7) is 0. The number of benzene rings is 1. The minimum atomic E-state index is 0.863. The largest absolute Gasteiger partial charge is 0.158 e. The van der Waals surface area contributed by atoms with Crippen molar-refractivity contribution in [2.45, 2.75) is 43.3 Å². The fraction of sp³-hybridized carbons (Fsp3) is 0.571. The molecular formula is C14H18S. The van der Waals surface area contributed by atoms with Gasteiger partial charge in [0.1, 0.15) is 0 Å². The van der Waals surface area contributed by atoms with Gasteiger partial charge in [-0.15, -0.1) is 0 Å². The first kappa shape index (κ1) is 9.77. The minimum Gasteiger partial charge on any atom is -0.158 e. The first-order valence-corrected chi connectivity index (χ1v) is 7.19. The standard InChI is InChI=1S/C14H18S/c1-2-7-12-11(5-1)6-3-8-13(12)14-9-4-10-15-14/h1-2,5,7,13-14H,3-4,6,8-10H2. The van der Waals surface area contributed by atoms with Crippen molar-refractivity contribution in [3.63, 3.8) is 0 Å². The lowest BCUT2D eigenvalue weighted by Gasteiger charge is -2.29. The first-order valence-electron chi connectivity index (χ1n) is 6.14. The van der Waals surface area contributed by atoms with Gasteiger partial charge in [0.25, 0.3) is 0 Å². The molecule has 0 bridgehead atoms. The van der Waals surface area contributed by atoms with E-state index < -0.39 is 0 Å². The summed E-state index contributed by atoms with van der Waals surface area (Å²) in [6, 6.07) is 9.12. The molecule has 0 N–H and O–H groups in total. The van der Waals surface area contributed by atoms with Crippen LogP contribution in [-0.4, -0.2) is 11.0 Å². The van der Waals surface area contributed by atoms with Gasteiger partial charge in [0.2, 0.25) is 0 Å². The van der Waals surface area contributed by atoms with Crippen LogP contribution in [0, 0.1) is 0 Å². The highest BCUT2D eigenvalue weighted by molar-refractivity contribution is 8.00. The Morgan fingerprint density at radius 3 is 2.87 bits per heavy atom. The van der Waals surface area contributed by atoms with E-state index in [0.717, 1.165) is 11.2 Å². The Morgan fingerprint density at radius 2 is 2.00 bits per heavy atom. The maximum absolute atomic E-state index is 2.37. The van der Waals surface area contributed by atoms with Gasteiger partial charge in [-0.05, 0) is 54.9 Å². The van der Waals surface area contributed by atoms with Crippen molar-refractivity contribution in [1.29, 1.82) is 0 Å². The predicted octanol–water partition coefficient (Wildman–Crippen LogP) is 4.00. The van der Waals surface area contributed by atoms with Crippen LogP contribution in [0.3, 0.4) is 0 Å². The molecule has 0 spiro atoms. The van der Waals surface area contributed by atoms with Gasteiger partial charge in [0.15, 0.2) is 0 Å². The smallest absolute Gasteiger partial charge is 0.0116 e. The summed E-state index contributed by atoms with van der Waals surface area (Å²) in [7, 11) is 0. The molecule has 0 aromatic heterocycles. The van der Waals surface area contributed by atoms with E-state index in [1.54, 1.807) is 11.1 Å². The number of aryl methyl sites for hydroxylation is 1. The zero-order valence-electron chi connectivity index (χ0n) is 9.11. The monoisotopic (exact) mass is 218 g/mol. The number of rotatable bonds is 1. The topological polar surface area (TPSA) is 0 Å². The van der Waals surface area contributed by atoms with E-state index in [1.807, 2.05) is 0 Å². The van der Waals surface area contributed by atoms with Crippen molar-refractivity contribution in [2.24, 2.45) is 0 Å². The molecule has 0 amide bonds. The molecule has 0 radical (unpaired) electrons. The van der Waals surface area contributed by atoms with Crippen LogP contribution < -0.4 is 0 Å². The van der Waals surface area contributed by atoms with Gasteiger partial charge in [0.05, 0.1) is 0 Å². The summed E-state index contributed by atoms with van der Waals surface area (Å²) >= 11 is 2.21. The number of thioether (sulfide) groups is 1. The van der Waals surface area contributed by atoms with Gasteiger partial charge in [-0.2, -0.15) is 11.8 Å². The lowest BCUT2D eigenvalue weighted by molar-refractivity contribution is 0.524. The van der Waals surface area contributed by atoms with E-state index in [-0.39, 0.29) is 0 Å². The molecule has 2 atom stereocenters. The summed E-state index contributed by atoms with van der Waals surface area (Å²) in [6.07, 6.45) is 7.02. The molecule has 1 aliphatic carbocycles. The Morgan fingerprint density at radius 1 is 1.07 bits per heavy atom. The Hall–Kier alpha value is -0.430. The van der Waals surface area contributed by atoms with Crippen LogP contribution in [0.15, 0.2) is 24.3 Å². The zero-order valence-corrected chi connectivity index (χ0v) is 9.93. The quantitative estimate of drug-likeness (QED) is 0.686. The van der Waals surface area contributed by atoms with Crippen molar-refractivity contribution in [2.75, 3.05) is 5.75 Å². The average molecular weight is 218 g/mol. The summed E-state index contributed by atoms with van der Waals surface area (Å²) in [4.78, 5) is 0. The van der Waals surface area contributed by atoms with Crippen LogP contribution in [0.2, 0.25) is 0 Å². The number of fused-ring (bicyclic) bond motifs is 1. The molecule has 15 heavy (non-hydrogen) atoms. The van der Waals surface area contributed by atoms with Crippen LogP contribution >= 0.6 is 11.8 Å².